The number of rotatable bonds is 0. The van der Waals surface area contributed by atoms with E-state index in [-0.39, 0.29) is 51.4 Å². The van der Waals surface area contributed by atoms with Crippen LogP contribution in [0.15, 0.2) is 28.7 Å². The van der Waals surface area contributed by atoms with E-state index in [0.717, 1.165) is 4.47 Å². The molecule has 3 heteroatoms. The molecule has 0 saturated carbocycles. The molecule has 1 aromatic rings. The fourth-order valence-corrected chi connectivity index (χ4v) is 0.705. The molecule has 0 aliphatic heterocycles. The Morgan fingerprint density at radius 1 is 1.11 bits per heavy atom. The van der Waals surface area contributed by atoms with Gasteiger partial charge in [0.25, 0.3) is 0 Å². The third-order valence-corrected chi connectivity index (χ3v) is 1.36. The van der Waals surface area contributed by atoms with Gasteiger partial charge in [-0.05, 0) is 24.3 Å². The molecule has 0 bridgehead atoms. The van der Waals surface area contributed by atoms with E-state index in [4.69, 9.17) is 5.11 Å². The van der Waals surface area contributed by atoms with Gasteiger partial charge < -0.3 is 5.11 Å². The average Bonchev–Trinajstić information content (AvgIpc) is 1.77. The Hall–Kier alpha value is 1.14. The van der Waals surface area contributed by atoms with Crippen molar-refractivity contribution in [1.29, 1.82) is 0 Å². The maximum atomic E-state index is 8.74. The smallest absolute Gasteiger partial charge is 0.115 e. The molecular formula is C6H5BrKO. The summed E-state index contributed by atoms with van der Waals surface area (Å²) in [4.78, 5) is 0. The van der Waals surface area contributed by atoms with Crippen LogP contribution in [0.5, 0.6) is 5.75 Å². The summed E-state index contributed by atoms with van der Waals surface area (Å²) in [6.45, 7) is 0. The summed E-state index contributed by atoms with van der Waals surface area (Å²) >= 11 is 3.23. The molecule has 9 heavy (non-hydrogen) atoms. The topological polar surface area (TPSA) is 20.2 Å². The molecule has 0 aromatic heterocycles. The summed E-state index contributed by atoms with van der Waals surface area (Å²) in [5, 5.41) is 8.74. The van der Waals surface area contributed by atoms with Crippen LogP contribution >= 0.6 is 15.9 Å². The minimum Gasteiger partial charge on any atom is -0.508 e. The first-order valence-corrected chi connectivity index (χ1v) is 3.03. The Kier molecular flexibility index (Phi) is 5.49. The molecule has 1 N–H and O–H groups in total. The van der Waals surface area contributed by atoms with Crippen molar-refractivity contribution in [2.24, 2.45) is 0 Å². The van der Waals surface area contributed by atoms with Gasteiger partial charge in [0.2, 0.25) is 0 Å². The zero-order valence-corrected chi connectivity index (χ0v) is 9.84. The number of halogens is 1. The van der Waals surface area contributed by atoms with Crippen LogP contribution in [0.3, 0.4) is 0 Å². The van der Waals surface area contributed by atoms with Gasteiger partial charge in [-0.3, -0.25) is 0 Å². The van der Waals surface area contributed by atoms with Crippen LogP contribution in [-0.2, 0) is 0 Å². The number of benzene rings is 1. The van der Waals surface area contributed by atoms with Crippen LogP contribution in [0.1, 0.15) is 0 Å². The summed E-state index contributed by atoms with van der Waals surface area (Å²) in [6, 6.07) is 6.83. The molecule has 0 amide bonds. The van der Waals surface area contributed by atoms with Crippen LogP contribution in [0.2, 0.25) is 0 Å². The van der Waals surface area contributed by atoms with Gasteiger partial charge in [0.05, 0.1) is 0 Å². The van der Waals surface area contributed by atoms with Gasteiger partial charge in [-0.15, -0.1) is 0 Å². The molecule has 0 spiro atoms. The van der Waals surface area contributed by atoms with E-state index in [1.54, 1.807) is 24.3 Å². The van der Waals surface area contributed by atoms with E-state index in [0.29, 0.717) is 5.75 Å². The second kappa shape index (κ2) is 4.88. The number of hydrogen-bond donors (Lipinski definition) is 1. The molecular weight excluding hydrogens is 207 g/mol. The first-order chi connectivity index (χ1) is 3.79. The third-order valence-electron chi connectivity index (χ3n) is 0.827. The normalized spacial score (nSPS) is 8.11. The Balaban J connectivity index is 0.000000640. The predicted octanol–water partition coefficient (Wildman–Crippen LogP) is 1.77. The van der Waals surface area contributed by atoms with Crippen molar-refractivity contribution in [2.45, 2.75) is 0 Å². The maximum Gasteiger partial charge on any atom is 0.115 e. The first kappa shape index (κ1) is 10.1. The zero-order valence-electron chi connectivity index (χ0n) is 5.13. The van der Waals surface area contributed by atoms with E-state index in [2.05, 4.69) is 15.9 Å². The summed E-state index contributed by atoms with van der Waals surface area (Å²) in [6.07, 6.45) is 0. The van der Waals surface area contributed by atoms with Gasteiger partial charge in [0.15, 0.2) is 0 Å². The molecule has 0 atom stereocenters. The molecule has 0 unspecified atom stereocenters. The van der Waals surface area contributed by atoms with Crippen molar-refractivity contribution in [2.75, 3.05) is 0 Å². The Morgan fingerprint density at radius 2 is 1.56 bits per heavy atom. The van der Waals surface area contributed by atoms with Crippen LogP contribution < -0.4 is 0 Å². The second-order valence-electron chi connectivity index (χ2n) is 1.48. The van der Waals surface area contributed by atoms with Gasteiger partial charge in [0, 0.05) is 55.9 Å². The Bertz CT molecular complexity index is 152. The summed E-state index contributed by atoms with van der Waals surface area (Å²) in [5.74, 6) is 0.299. The van der Waals surface area contributed by atoms with E-state index < -0.39 is 0 Å². The van der Waals surface area contributed by atoms with Crippen molar-refractivity contribution in [3.63, 3.8) is 0 Å². The summed E-state index contributed by atoms with van der Waals surface area (Å²) < 4.78 is 0.982. The van der Waals surface area contributed by atoms with E-state index in [9.17, 15) is 0 Å². The number of hydrogen-bond acceptors (Lipinski definition) is 1. The monoisotopic (exact) mass is 211 g/mol. The van der Waals surface area contributed by atoms with Gasteiger partial charge in [0.1, 0.15) is 5.75 Å². The van der Waals surface area contributed by atoms with E-state index in [1.807, 2.05) is 0 Å². The molecule has 1 aromatic carbocycles. The quantitative estimate of drug-likeness (QED) is 0.650. The molecule has 0 fully saturated rings. The van der Waals surface area contributed by atoms with Crippen LogP contribution in [0, 0.1) is 0 Å². The molecule has 43 valence electrons. The maximum absolute atomic E-state index is 8.74. The molecule has 0 heterocycles. The van der Waals surface area contributed by atoms with E-state index >= 15 is 0 Å². The fourth-order valence-electron chi connectivity index (χ4n) is 0.441. The molecule has 0 aliphatic carbocycles. The minimum absolute atomic E-state index is 0. The van der Waals surface area contributed by atoms with Crippen LogP contribution in [-0.4, -0.2) is 56.5 Å². The number of aromatic hydroxyl groups is 1. The molecule has 0 aliphatic rings. The SMILES string of the molecule is Oc1ccc(Br)cc1.[K]. The average molecular weight is 212 g/mol. The van der Waals surface area contributed by atoms with Crippen molar-refractivity contribution < 1.29 is 5.11 Å². The first-order valence-electron chi connectivity index (χ1n) is 2.23. The van der Waals surface area contributed by atoms with Crippen molar-refractivity contribution in [3.05, 3.63) is 28.7 Å². The molecule has 1 rings (SSSR count). The third kappa shape index (κ3) is 3.75. The summed E-state index contributed by atoms with van der Waals surface area (Å²) in [5.41, 5.74) is 0. The second-order valence-corrected chi connectivity index (χ2v) is 2.39. The van der Waals surface area contributed by atoms with Gasteiger partial charge in [-0.2, -0.15) is 0 Å². The fraction of sp³-hybridized carbons (Fsp3) is 0. The van der Waals surface area contributed by atoms with Crippen molar-refractivity contribution in [1.82, 2.24) is 0 Å². The molecule has 0 saturated heterocycles. The standard InChI is InChI=1S/C6H5BrO.K/c7-5-1-3-6(8)4-2-5;/h1-4,8H;. The predicted molar refractivity (Wildman–Crippen MR) is 41.6 cm³/mol. The summed E-state index contributed by atoms with van der Waals surface area (Å²) in [7, 11) is 0. The number of phenolic OH excluding ortho intramolecular Hbond substituents is 1. The number of phenols is 1. The molecule has 1 nitrogen and oxygen atoms in total. The van der Waals surface area contributed by atoms with Gasteiger partial charge >= 0.3 is 0 Å². The van der Waals surface area contributed by atoms with Crippen LogP contribution in [0.4, 0.5) is 0 Å². The van der Waals surface area contributed by atoms with Gasteiger partial charge in [-0.25, -0.2) is 0 Å². The Morgan fingerprint density at radius 3 is 1.89 bits per heavy atom. The van der Waals surface area contributed by atoms with Gasteiger partial charge in [-0.1, -0.05) is 15.9 Å². The molecule has 1 radical (unpaired) electrons. The van der Waals surface area contributed by atoms with E-state index in [1.165, 1.54) is 0 Å². The largest absolute Gasteiger partial charge is 0.508 e. The Labute approximate surface area is 105 Å². The van der Waals surface area contributed by atoms with Crippen molar-refractivity contribution in [3.8, 4) is 5.75 Å². The zero-order chi connectivity index (χ0) is 5.98. The van der Waals surface area contributed by atoms with Crippen LogP contribution in [0.25, 0.3) is 0 Å². The van der Waals surface area contributed by atoms with Crippen molar-refractivity contribution >= 4 is 67.3 Å². The minimum atomic E-state index is 0.